The Morgan fingerprint density at radius 1 is 1.19 bits per heavy atom. The summed E-state index contributed by atoms with van der Waals surface area (Å²) in [6, 6.07) is 2.10. The van der Waals surface area contributed by atoms with Gasteiger partial charge in [-0.05, 0) is 66.7 Å². The molecule has 0 aromatic carbocycles. The second kappa shape index (κ2) is 7.07. The fraction of sp³-hybridized carbons (Fsp3) is 0.688. The average Bonchev–Trinajstić information content (AvgIpc) is 3.01. The van der Waals surface area contributed by atoms with Gasteiger partial charge in [0.1, 0.15) is 5.82 Å². The Morgan fingerprint density at radius 3 is 2.57 bits per heavy atom. The van der Waals surface area contributed by atoms with Crippen molar-refractivity contribution in [1.29, 1.82) is 0 Å². The van der Waals surface area contributed by atoms with Crippen molar-refractivity contribution >= 4 is 21.7 Å². The normalized spacial score (nSPS) is 21.1. The van der Waals surface area contributed by atoms with Crippen molar-refractivity contribution in [2.45, 2.75) is 32.2 Å². The Kier molecular flexibility index (Phi) is 5.14. The maximum atomic E-state index is 5.87. The van der Waals surface area contributed by atoms with Gasteiger partial charge < -0.3 is 15.5 Å². The first-order valence-corrected chi connectivity index (χ1v) is 8.87. The Balaban J connectivity index is 1.57. The molecular weight excluding hydrogens is 328 g/mol. The van der Waals surface area contributed by atoms with Gasteiger partial charge in [0.2, 0.25) is 0 Å². The van der Waals surface area contributed by atoms with Crippen molar-refractivity contribution in [3.05, 3.63) is 22.3 Å². The van der Waals surface area contributed by atoms with Crippen LogP contribution in [0.3, 0.4) is 0 Å². The summed E-state index contributed by atoms with van der Waals surface area (Å²) in [5.74, 6) is 1.94. The lowest BCUT2D eigenvalue weighted by molar-refractivity contribution is 0.249. The number of likely N-dealkylation sites (tertiary alicyclic amines) is 1. The van der Waals surface area contributed by atoms with E-state index in [1.807, 2.05) is 6.20 Å². The molecule has 2 fully saturated rings. The number of aromatic nitrogens is 1. The van der Waals surface area contributed by atoms with Gasteiger partial charge in [0.05, 0.1) is 0 Å². The van der Waals surface area contributed by atoms with Gasteiger partial charge in [-0.15, -0.1) is 0 Å². The molecule has 2 saturated heterocycles. The number of halogens is 1. The number of hydrogen-bond donors (Lipinski definition) is 1. The summed E-state index contributed by atoms with van der Waals surface area (Å²) in [4.78, 5) is 9.64. The molecule has 0 aliphatic carbocycles. The van der Waals surface area contributed by atoms with E-state index in [2.05, 4.69) is 36.8 Å². The number of piperidine rings is 1. The van der Waals surface area contributed by atoms with Crippen molar-refractivity contribution in [3.8, 4) is 0 Å². The van der Waals surface area contributed by atoms with Gasteiger partial charge in [-0.2, -0.15) is 0 Å². The van der Waals surface area contributed by atoms with E-state index in [4.69, 9.17) is 5.73 Å². The van der Waals surface area contributed by atoms with Gasteiger partial charge in [-0.25, -0.2) is 4.98 Å². The van der Waals surface area contributed by atoms with Crippen molar-refractivity contribution < 1.29 is 0 Å². The lowest BCUT2D eigenvalue weighted by Crippen LogP contribution is -2.39. The van der Waals surface area contributed by atoms with Crippen LogP contribution in [0.2, 0.25) is 0 Å². The van der Waals surface area contributed by atoms with E-state index in [-0.39, 0.29) is 0 Å². The van der Waals surface area contributed by atoms with Crippen LogP contribution < -0.4 is 10.6 Å². The van der Waals surface area contributed by atoms with Crippen LogP contribution in [0, 0.1) is 5.92 Å². The largest absolute Gasteiger partial charge is 0.356 e. The standard InChI is InChI=1S/C16H25BrN4/c17-15-9-14(10-18)16(19-11-15)21-7-3-13(4-8-21)12-20-5-1-2-6-20/h9,11,13H,1-8,10,12,18H2. The summed E-state index contributed by atoms with van der Waals surface area (Å²) >= 11 is 3.48. The molecule has 3 heterocycles. The lowest BCUT2D eigenvalue weighted by atomic mass is 9.96. The summed E-state index contributed by atoms with van der Waals surface area (Å²) in [6.07, 6.45) is 7.21. The number of rotatable bonds is 4. The highest BCUT2D eigenvalue weighted by Gasteiger charge is 2.24. The van der Waals surface area contributed by atoms with Gasteiger partial charge in [-0.3, -0.25) is 0 Å². The van der Waals surface area contributed by atoms with Gasteiger partial charge in [0.15, 0.2) is 0 Å². The van der Waals surface area contributed by atoms with Crippen LogP contribution in [0.25, 0.3) is 0 Å². The predicted molar refractivity (Wildman–Crippen MR) is 90.4 cm³/mol. The van der Waals surface area contributed by atoms with Gasteiger partial charge in [-0.1, -0.05) is 0 Å². The highest BCUT2D eigenvalue weighted by molar-refractivity contribution is 9.10. The van der Waals surface area contributed by atoms with Crippen LogP contribution in [-0.4, -0.2) is 42.6 Å². The minimum Gasteiger partial charge on any atom is -0.356 e. The Labute approximate surface area is 135 Å². The zero-order chi connectivity index (χ0) is 14.7. The second-order valence-corrected chi connectivity index (χ2v) is 7.19. The van der Waals surface area contributed by atoms with Crippen LogP contribution in [0.5, 0.6) is 0 Å². The second-order valence-electron chi connectivity index (χ2n) is 6.28. The first-order chi connectivity index (χ1) is 10.3. The van der Waals surface area contributed by atoms with E-state index in [9.17, 15) is 0 Å². The lowest BCUT2D eigenvalue weighted by Gasteiger charge is -2.35. The molecule has 0 atom stereocenters. The summed E-state index contributed by atoms with van der Waals surface area (Å²) in [6.45, 7) is 6.69. The molecule has 0 spiro atoms. The Bertz CT molecular complexity index is 465. The fourth-order valence-electron chi connectivity index (χ4n) is 3.57. The smallest absolute Gasteiger partial charge is 0.133 e. The van der Waals surface area contributed by atoms with Crippen LogP contribution in [0.4, 0.5) is 5.82 Å². The zero-order valence-electron chi connectivity index (χ0n) is 12.6. The molecule has 0 unspecified atom stereocenters. The number of hydrogen-bond acceptors (Lipinski definition) is 4. The van der Waals surface area contributed by atoms with E-state index in [1.54, 1.807) is 0 Å². The fourth-order valence-corrected chi connectivity index (χ4v) is 3.95. The van der Waals surface area contributed by atoms with E-state index in [0.29, 0.717) is 6.54 Å². The SMILES string of the molecule is NCc1cc(Br)cnc1N1CCC(CN2CCCC2)CC1. The van der Waals surface area contributed by atoms with Crippen molar-refractivity contribution in [1.82, 2.24) is 9.88 Å². The van der Waals surface area contributed by atoms with Crippen molar-refractivity contribution in [2.24, 2.45) is 11.7 Å². The van der Waals surface area contributed by atoms with Gasteiger partial charge in [0, 0.05) is 42.4 Å². The topological polar surface area (TPSA) is 45.4 Å². The number of nitrogens with zero attached hydrogens (tertiary/aromatic N) is 3. The first-order valence-electron chi connectivity index (χ1n) is 8.08. The minimum atomic E-state index is 0.551. The quantitative estimate of drug-likeness (QED) is 0.904. The molecule has 2 N–H and O–H groups in total. The van der Waals surface area contributed by atoms with E-state index in [1.165, 1.54) is 45.3 Å². The van der Waals surface area contributed by atoms with Gasteiger partial charge >= 0.3 is 0 Å². The molecule has 5 heteroatoms. The molecule has 4 nitrogen and oxygen atoms in total. The number of nitrogens with two attached hydrogens (primary N) is 1. The first kappa shape index (κ1) is 15.3. The molecule has 1 aromatic rings. The van der Waals surface area contributed by atoms with Crippen molar-refractivity contribution in [3.63, 3.8) is 0 Å². The molecule has 0 amide bonds. The van der Waals surface area contributed by atoms with Crippen LogP contribution in [-0.2, 0) is 6.54 Å². The number of pyridine rings is 1. The monoisotopic (exact) mass is 352 g/mol. The molecule has 0 bridgehead atoms. The molecular formula is C16H25BrN4. The third-order valence-corrected chi connectivity index (χ3v) is 5.19. The maximum absolute atomic E-state index is 5.87. The van der Waals surface area contributed by atoms with E-state index >= 15 is 0 Å². The van der Waals surface area contributed by atoms with E-state index < -0.39 is 0 Å². The highest BCUT2D eigenvalue weighted by atomic mass is 79.9. The molecule has 0 radical (unpaired) electrons. The molecule has 21 heavy (non-hydrogen) atoms. The molecule has 3 rings (SSSR count). The number of anilines is 1. The molecule has 1 aromatic heterocycles. The molecule has 2 aliphatic heterocycles. The van der Waals surface area contributed by atoms with E-state index in [0.717, 1.165) is 34.9 Å². The molecule has 2 aliphatic rings. The Morgan fingerprint density at radius 2 is 1.90 bits per heavy atom. The third-order valence-electron chi connectivity index (χ3n) is 4.76. The third kappa shape index (κ3) is 3.76. The van der Waals surface area contributed by atoms with Crippen molar-refractivity contribution in [2.75, 3.05) is 37.6 Å². The average molecular weight is 353 g/mol. The van der Waals surface area contributed by atoms with Crippen LogP contribution in [0.15, 0.2) is 16.7 Å². The van der Waals surface area contributed by atoms with Crippen LogP contribution in [0.1, 0.15) is 31.2 Å². The summed E-state index contributed by atoms with van der Waals surface area (Å²) in [7, 11) is 0. The highest BCUT2D eigenvalue weighted by Crippen LogP contribution is 2.27. The predicted octanol–water partition coefficient (Wildman–Crippen LogP) is 2.62. The summed E-state index contributed by atoms with van der Waals surface area (Å²) in [5, 5.41) is 0. The maximum Gasteiger partial charge on any atom is 0.133 e. The summed E-state index contributed by atoms with van der Waals surface area (Å²) in [5.41, 5.74) is 7.01. The molecule has 116 valence electrons. The van der Waals surface area contributed by atoms with Gasteiger partial charge in [0.25, 0.3) is 0 Å². The minimum absolute atomic E-state index is 0.551. The zero-order valence-corrected chi connectivity index (χ0v) is 14.2. The van der Waals surface area contributed by atoms with Crippen LogP contribution >= 0.6 is 15.9 Å². The summed E-state index contributed by atoms with van der Waals surface area (Å²) < 4.78 is 1.01. The Hall–Kier alpha value is -0.650. The molecule has 0 saturated carbocycles.